The molecule has 0 aliphatic carbocycles. The summed E-state index contributed by atoms with van der Waals surface area (Å²) >= 11 is 0. The molecule has 0 spiro atoms. The number of pyridine rings is 1. The normalized spacial score (nSPS) is 14.2. The van der Waals surface area contributed by atoms with E-state index in [1.807, 2.05) is 30.3 Å². The van der Waals surface area contributed by atoms with Gasteiger partial charge in [-0.25, -0.2) is 22.9 Å². The molecule has 1 aromatic heterocycles. The molecule has 1 fully saturated rings. The summed E-state index contributed by atoms with van der Waals surface area (Å²) in [6.45, 7) is 2.94. The monoisotopic (exact) mass is 454 g/mol. The molecule has 1 aliphatic heterocycles. The van der Waals surface area contributed by atoms with Gasteiger partial charge < -0.3 is 10.2 Å². The van der Waals surface area contributed by atoms with E-state index in [-0.39, 0.29) is 28.2 Å². The Bertz CT molecular complexity index is 1240. The minimum atomic E-state index is -4.05. The number of likely N-dealkylation sites (tertiary alicyclic amines) is 1. The smallest absolute Gasteiger partial charge is 0.257 e. The minimum Gasteiger partial charge on any atom is -0.380 e. The lowest BCUT2D eigenvalue weighted by Gasteiger charge is -2.40. The van der Waals surface area contributed by atoms with Crippen LogP contribution in [0.3, 0.4) is 0 Å². The van der Waals surface area contributed by atoms with Gasteiger partial charge in [0.15, 0.2) is 5.03 Å². The summed E-state index contributed by atoms with van der Waals surface area (Å²) in [7, 11) is -4.05. The predicted molar refractivity (Wildman–Crippen MR) is 119 cm³/mol. The van der Waals surface area contributed by atoms with Crippen LogP contribution < -0.4 is 10.5 Å². The zero-order valence-corrected chi connectivity index (χ0v) is 18.3. The maximum Gasteiger partial charge on any atom is 0.257 e. The number of carbonyl (C=O) groups excluding carboxylic acids is 1. The van der Waals surface area contributed by atoms with Gasteiger partial charge in [0.05, 0.1) is 11.3 Å². The predicted octanol–water partition coefficient (Wildman–Crippen LogP) is 3.03. The molecule has 3 aromatic rings. The first-order chi connectivity index (χ1) is 15.2. The van der Waals surface area contributed by atoms with E-state index in [1.165, 1.54) is 18.3 Å². The molecule has 1 aliphatic rings. The third-order valence-electron chi connectivity index (χ3n) is 5.60. The molecule has 2 aromatic carbocycles. The Balaban J connectivity index is 1.59. The van der Waals surface area contributed by atoms with Crippen LogP contribution in [-0.4, -0.2) is 37.3 Å². The van der Waals surface area contributed by atoms with Crippen LogP contribution in [-0.2, 0) is 16.6 Å². The second kappa shape index (κ2) is 8.68. The molecule has 1 amide bonds. The van der Waals surface area contributed by atoms with Crippen LogP contribution in [0.25, 0.3) is 0 Å². The number of primary sulfonamides is 1. The van der Waals surface area contributed by atoms with Crippen molar-refractivity contribution in [2.75, 3.05) is 18.4 Å². The molecule has 32 heavy (non-hydrogen) atoms. The molecule has 166 valence electrons. The number of halogens is 1. The number of carbonyl (C=O) groups is 1. The Morgan fingerprint density at radius 3 is 2.44 bits per heavy atom. The van der Waals surface area contributed by atoms with Crippen LogP contribution in [0.4, 0.5) is 10.1 Å². The summed E-state index contributed by atoms with van der Waals surface area (Å²) in [4.78, 5) is 18.8. The van der Waals surface area contributed by atoms with Crippen LogP contribution in [0.5, 0.6) is 0 Å². The van der Waals surface area contributed by atoms with Crippen molar-refractivity contribution in [1.29, 1.82) is 0 Å². The fourth-order valence-corrected chi connectivity index (χ4v) is 4.55. The first-order valence-corrected chi connectivity index (χ1v) is 11.6. The summed E-state index contributed by atoms with van der Waals surface area (Å²) < 4.78 is 37.1. The van der Waals surface area contributed by atoms with Crippen molar-refractivity contribution < 1.29 is 17.6 Å². The molecule has 3 N–H and O–H groups in total. The number of nitrogens with one attached hydrogen (secondary N) is 1. The van der Waals surface area contributed by atoms with E-state index in [2.05, 4.69) is 10.3 Å². The lowest BCUT2D eigenvalue weighted by atomic mass is 9.90. The van der Waals surface area contributed by atoms with E-state index in [9.17, 15) is 17.6 Å². The van der Waals surface area contributed by atoms with Gasteiger partial charge in [0.25, 0.3) is 15.9 Å². The first-order valence-electron chi connectivity index (χ1n) is 10.1. The van der Waals surface area contributed by atoms with Gasteiger partial charge in [-0.1, -0.05) is 42.5 Å². The number of hydrogen-bond acceptors (Lipinski definition) is 5. The van der Waals surface area contributed by atoms with Gasteiger partial charge in [-0.15, -0.1) is 0 Å². The number of rotatable bonds is 6. The second-order valence-electron chi connectivity index (χ2n) is 7.82. The number of aromatic nitrogens is 1. The number of anilines is 1. The highest BCUT2D eigenvalue weighted by molar-refractivity contribution is 7.89. The molecule has 0 radical (unpaired) electrons. The molecule has 0 bridgehead atoms. The Labute approximate surface area is 186 Å². The lowest BCUT2D eigenvalue weighted by molar-refractivity contribution is 0.0602. The fraction of sp³-hybridized carbons (Fsp3) is 0.217. The molecule has 0 saturated carbocycles. The largest absolute Gasteiger partial charge is 0.380 e. The van der Waals surface area contributed by atoms with Crippen LogP contribution in [0.2, 0.25) is 0 Å². The zero-order valence-electron chi connectivity index (χ0n) is 17.5. The minimum absolute atomic E-state index is 0.123. The van der Waals surface area contributed by atoms with Crippen molar-refractivity contribution in [3.63, 3.8) is 0 Å². The average Bonchev–Trinajstić information content (AvgIpc) is 2.72. The summed E-state index contributed by atoms with van der Waals surface area (Å²) in [5, 5.41) is 8.24. The molecule has 2 heterocycles. The first kappa shape index (κ1) is 21.9. The van der Waals surface area contributed by atoms with Crippen molar-refractivity contribution in [3.05, 3.63) is 88.9 Å². The molecule has 0 unspecified atom stereocenters. The molecule has 0 atom stereocenters. The quantitative estimate of drug-likeness (QED) is 0.596. The van der Waals surface area contributed by atoms with Crippen molar-refractivity contribution in [2.45, 2.75) is 24.4 Å². The topological polar surface area (TPSA) is 105 Å². The summed E-state index contributed by atoms with van der Waals surface area (Å²) in [6, 6.07) is 15.8. The zero-order chi connectivity index (χ0) is 22.9. The maximum absolute atomic E-state index is 13.2. The number of nitrogens with zero attached hydrogens (tertiary/aromatic N) is 2. The SMILES string of the molecule is Cc1c(S(N)(=O)=O)ncc(C(=O)N2CC(c3ccc(F)cc3)C2)c1NCc1ccccc1. The Morgan fingerprint density at radius 1 is 1.16 bits per heavy atom. The average molecular weight is 455 g/mol. The molecule has 1 saturated heterocycles. The highest BCUT2D eigenvalue weighted by Gasteiger charge is 2.34. The Hall–Kier alpha value is -3.30. The van der Waals surface area contributed by atoms with Gasteiger partial charge >= 0.3 is 0 Å². The number of sulfonamides is 1. The Morgan fingerprint density at radius 2 is 1.81 bits per heavy atom. The highest BCUT2D eigenvalue weighted by Crippen LogP contribution is 2.32. The number of amides is 1. The van der Waals surface area contributed by atoms with Crippen molar-refractivity contribution in [2.24, 2.45) is 5.14 Å². The standard InChI is InChI=1S/C23H23FN4O3S/c1-15-21(26-11-16-5-3-2-4-6-16)20(12-27-22(15)32(25,30)31)23(29)28-13-18(14-28)17-7-9-19(24)10-8-17/h2-10,12,18H,11,13-14H2,1H3,(H,26,27)(H2,25,30,31). The van der Waals surface area contributed by atoms with Crippen LogP contribution >= 0.6 is 0 Å². The van der Waals surface area contributed by atoms with Gasteiger partial charge in [-0.05, 0) is 30.2 Å². The highest BCUT2D eigenvalue weighted by atomic mass is 32.2. The molecular weight excluding hydrogens is 431 g/mol. The number of nitrogens with two attached hydrogens (primary N) is 1. The Kier molecular flexibility index (Phi) is 5.94. The second-order valence-corrected chi connectivity index (χ2v) is 9.30. The van der Waals surface area contributed by atoms with E-state index in [0.717, 1.165) is 11.1 Å². The lowest BCUT2D eigenvalue weighted by Crippen LogP contribution is -2.48. The van der Waals surface area contributed by atoms with E-state index in [0.29, 0.717) is 30.9 Å². The van der Waals surface area contributed by atoms with E-state index >= 15 is 0 Å². The maximum atomic E-state index is 13.2. The van der Waals surface area contributed by atoms with Gasteiger partial charge in [0, 0.05) is 37.3 Å². The third-order valence-corrected chi connectivity index (χ3v) is 6.55. The number of benzene rings is 2. The van der Waals surface area contributed by atoms with Gasteiger partial charge in [0.2, 0.25) is 0 Å². The molecule has 4 rings (SSSR count). The molecule has 9 heteroatoms. The molecule has 7 nitrogen and oxygen atoms in total. The van der Waals surface area contributed by atoms with Gasteiger partial charge in [-0.3, -0.25) is 4.79 Å². The van der Waals surface area contributed by atoms with Crippen LogP contribution in [0.15, 0.2) is 65.8 Å². The third kappa shape index (κ3) is 4.49. The van der Waals surface area contributed by atoms with Crippen molar-refractivity contribution >= 4 is 21.6 Å². The summed E-state index contributed by atoms with van der Waals surface area (Å²) in [5.41, 5.74) is 2.91. The van der Waals surface area contributed by atoms with Crippen LogP contribution in [0.1, 0.15) is 33.0 Å². The summed E-state index contributed by atoms with van der Waals surface area (Å²) in [6.07, 6.45) is 1.26. The summed E-state index contributed by atoms with van der Waals surface area (Å²) in [5.74, 6) is -0.430. The van der Waals surface area contributed by atoms with Gasteiger partial charge in [0.1, 0.15) is 5.82 Å². The van der Waals surface area contributed by atoms with E-state index in [1.54, 1.807) is 24.0 Å². The van der Waals surface area contributed by atoms with Crippen molar-refractivity contribution in [1.82, 2.24) is 9.88 Å². The number of hydrogen-bond donors (Lipinski definition) is 2. The van der Waals surface area contributed by atoms with Crippen molar-refractivity contribution in [3.8, 4) is 0 Å². The van der Waals surface area contributed by atoms with E-state index in [4.69, 9.17) is 5.14 Å². The van der Waals surface area contributed by atoms with Gasteiger partial charge in [-0.2, -0.15) is 0 Å². The van der Waals surface area contributed by atoms with Crippen LogP contribution in [0, 0.1) is 12.7 Å². The molecular formula is C23H23FN4O3S. The fourth-order valence-electron chi connectivity index (χ4n) is 3.82. The van der Waals surface area contributed by atoms with E-state index < -0.39 is 10.0 Å².